The van der Waals surface area contributed by atoms with Crippen molar-refractivity contribution in [2.75, 3.05) is 52.4 Å². The topological polar surface area (TPSA) is 73.9 Å². The highest BCUT2D eigenvalue weighted by atomic mass is 15.0. The SMILES string of the molecule is c1ccc(C2CNCCNCC(c3ccccn3)CNCCNC2)nc1. The monoisotopic (exact) mass is 354 g/mol. The molecule has 0 atom stereocenters. The molecular formula is C20H30N6. The fourth-order valence-electron chi connectivity index (χ4n) is 3.26. The highest BCUT2D eigenvalue weighted by Crippen LogP contribution is 2.12. The lowest BCUT2D eigenvalue weighted by atomic mass is 10.0. The standard InChI is InChI=1S/C20H30N6/c1-3-7-25-19(5-1)17-13-21-9-11-23-15-18(16-24-12-10-22-14-17)20-6-2-4-8-26-20/h1-8,17-18,21-24H,9-16H2. The average Bonchev–Trinajstić information content (AvgIpc) is 2.71. The Morgan fingerprint density at radius 1 is 0.577 bits per heavy atom. The first-order chi connectivity index (χ1) is 12.9. The summed E-state index contributed by atoms with van der Waals surface area (Å²) in [5.74, 6) is 0.779. The zero-order chi connectivity index (χ0) is 17.9. The molecule has 3 heterocycles. The lowest BCUT2D eigenvalue weighted by molar-refractivity contribution is 0.474. The van der Waals surface area contributed by atoms with Crippen LogP contribution < -0.4 is 21.3 Å². The van der Waals surface area contributed by atoms with Crippen LogP contribution in [0.25, 0.3) is 0 Å². The van der Waals surface area contributed by atoms with Crippen LogP contribution >= 0.6 is 0 Å². The molecule has 140 valence electrons. The highest BCUT2D eigenvalue weighted by Gasteiger charge is 2.14. The largest absolute Gasteiger partial charge is 0.315 e. The molecule has 0 spiro atoms. The molecular weight excluding hydrogens is 324 g/mol. The van der Waals surface area contributed by atoms with E-state index in [-0.39, 0.29) is 0 Å². The molecule has 4 N–H and O–H groups in total. The van der Waals surface area contributed by atoms with Crippen LogP contribution in [0.5, 0.6) is 0 Å². The second-order valence-electron chi connectivity index (χ2n) is 6.72. The minimum atomic E-state index is 0.389. The summed E-state index contributed by atoms with van der Waals surface area (Å²) in [7, 11) is 0. The van der Waals surface area contributed by atoms with Gasteiger partial charge < -0.3 is 21.3 Å². The Bertz CT molecular complexity index is 535. The molecule has 0 saturated carbocycles. The Kier molecular flexibility index (Phi) is 7.99. The maximum atomic E-state index is 4.53. The van der Waals surface area contributed by atoms with E-state index < -0.39 is 0 Å². The van der Waals surface area contributed by atoms with E-state index in [4.69, 9.17) is 0 Å². The van der Waals surface area contributed by atoms with E-state index in [9.17, 15) is 0 Å². The average molecular weight is 355 g/mol. The van der Waals surface area contributed by atoms with E-state index in [1.807, 2.05) is 24.5 Å². The minimum Gasteiger partial charge on any atom is -0.315 e. The predicted molar refractivity (Wildman–Crippen MR) is 105 cm³/mol. The quantitative estimate of drug-likeness (QED) is 0.637. The summed E-state index contributed by atoms with van der Waals surface area (Å²) in [5, 5.41) is 14.3. The molecule has 26 heavy (non-hydrogen) atoms. The number of hydrogen-bond donors (Lipinski definition) is 4. The maximum Gasteiger partial charge on any atom is 0.0459 e. The van der Waals surface area contributed by atoms with Gasteiger partial charge in [-0.1, -0.05) is 12.1 Å². The highest BCUT2D eigenvalue weighted by molar-refractivity contribution is 5.11. The molecule has 0 amide bonds. The van der Waals surface area contributed by atoms with Crippen LogP contribution in [0.1, 0.15) is 23.2 Å². The second-order valence-corrected chi connectivity index (χ2v) is 6.72. The Labute approximate surface area is 156 Å². The third-order valence-corrected chi connectivity index (χ3v) is 4.73. The van der Waals surface area contributed by atoms with Crippen molar-refractivity contribution in [1.82, 2.24) is 31.2 Å². The number of nitrogens with zero attached hydrogens (tertiary/aromatic N) is 2. The first kappa shape index (κ1) is 18.9. The Morgan fingerprint density at radius 2 is 0.962 bits per heavy atom. The molecule has 1 fully saturated rings. The summed E-state index contributed by atoms with van der Waals surface area (Å²) < 4.78 is 0. The van der Waals surface area contributed by atoms with Gasteiger partial charge in [0.25, 0.3) is 0 Å². The van der Waals surface area contributed by atoms with Gasteiger partial charge in [-0.05, 0) is 24.3 Å². The van der Waals surface area contributed by atoms with Crippen LogP contribution in [0, 0.1) is 0 Å². The second kappa shape index (κ2) is 11.0. The molecule has 0 aromatic carbocycles. The van der Waals surface area contributed by atoms with Crippen molar-refractivity contribution < 1.29 is 0 Å². The van der Waals surface area contributed by atoms with E-state index in [0.29, 0.717) is 11.8 Å². The van der Waals surface area contributed by atoms with Gasteiger partial charge in [-0.2, -0.15) is 0 Å². The van der Waals surface area contributed by atoms with Gasteiger partial charge in [0.1, 0.15) is 0 Å². The van der Waals surface area contributed by atoms with E-state index in [0.717, 1.165) is 63.7 Å². The van der Waals surface area contributed by atoms with E-state index in [1.165, 1.54) is 0 Å². The lowest BCUT2D eigenvalue weighted by Crippen LogP contribution is -2.39. The molecule has 1 saturated heterocycles. The molecule has 0 radical (unpaired) electrons. The Morgan fingerprint density at radius 3 is 1.27 bits per heavy atom. The smallest absolute Gasteiger partial charge is 0.0459 e. The third kappa shape index (κ3) is 6.14. The number of rotatable bonds is 2. The molecule has 0 unspecified atom stereocenters. The summed E-state index contributed by atoms with van der Waals surface area (Å²) in [4.78, 5) is 9.06. The molecule has 6 nitrogen and oxygen atoms in total. The molecule has 0 aliphatic carbocycles. The molecule has 2 aromatic heterocycles. The zero-order valence-electron chi connectivity index (χ0n) is 15.3. The van der Waals surface area contributed by atoms with E-state index in [1.54, 1.807) is 0 Å². The maximum absolute atomic E-state index is 4.53. The van der Waals surface area contributed by atoms with Gasteiger partial charge in [0.15, 0.2) is 0 Å². The van der Waals surface area contributed by atoms with Crippen LogP contribution in [0.4, 0.5) is 0 Å². The van der Waals surface area contributed by atoms with Crippen molar-refractivity contribution >= 4 is 0 Å². The summed E-state index contributed by atoms with van der Waals surface area (Å²) in [6.45, 7) is 7.53. The van der Waals surface area contributed by atoms with Crippen molar-refractivity contribution in [3.05, 3.63) is 60.2 Å². The van der Waals surface area contributed by atoms with Crippen LogP contribution in [-0.4, -0.2) is 62.3 Å². The van der Waals surface area contributed by atoms with Gasteiger partial charge in [0.2, 0.25) is 0 Å². The van der Waals surface area contributed by atoms with Gasteiger partial charge in [-0.3, -0.25) is 9.97 Å². The number of nitrogens with one attached hydrogen (secondary N) is 4. The molecule has 0 bridgehead atoms. The summed E-state index contributed by atoms with van der Waals surface area (Å²) in [6, 6.07) is 12.3. The van der Waals surface area contributed by atoms with Crippen molar-refractivity contribution in [3.8, 4) is 0 Å². The van der Waals surface area contributed by atoms with Crippen LogP contribution in [0.2, 0.25) is 0 Å². The summed E-state index contributed by atoms with van der Waals surface area (Å²) >= 11 is 0. The molecule has 6 heteroatoms. The normalized spacial score (nSPS) is 23.8. The summed E-state index contributed by atoms with van der Waals surface area (Å²) in [5.41, 5.74) is 2.30. The predicted octanol–water partition coefficient (Wildman–Crippen LogP) is 0.716. The van der Waals surface area contributed by atoms with Gasteiger partial charge in [0, 0.05) is 88.0 Å². The van der Waals surface area contributed by atoms with E-state index in [2.05, 4.69) is 55.5 Å². The van der Waals surface area contributed by atoms with Crippen LogP contribution in [0.15, 0.2) is 48.8 Å². The lowest BCUT2D eigenvalue weighted by Gasteiger charge is -2.21. The van der Waals surface area contributed by atoms with Gasteiger partial charge in [-0.15, -0.1) is 0 Å². The zero-order valence-corrected chi connectivity index (χ0v) is 15.3. The fourth-order valence-corrected chi connectivity index (χ4v) is 3.26. The fraction of sp³-hybridized carbons (Fsp3) is 0.500. The van der Waals surface area contributed by atoms with E-state index >= 15 is 0 Å². The van der Waals surface area contributed by atoms with Crippen molar-refractivity contribution in [3.63, 3.8) is 0 Å². The number of aromatic nitrogens is 2. The van der Waals surface area contributed by atoms with Crippen molar-refractivity contribution in [2.24, 2.45) is 0 Å². The third-order valence-electron chi connectivity index (χ3n) is 4.73. The summed E-state index contributed by atoms with van der Waals surface area (Å²) in [6.07, 6.45) is 3.75. The first-order valence-electron chi connectivity index (χ1n) is 9.58. The van der Waals surface area contributed by atoms with Crippen LogP contribution in [-0.2, 0) is 0 Å². The molecule has 3 rings (SSSR count). The molecule has 1 aliphatic heterocycles. The van der Waals surface area contributed by atoms with Gasteiger partial charge >= 0.3 is 0 Å². The van der Waals surface area contributed by atoms with Crippen molar-refractivity contribution in [2.45, 2.75) is 11.8 Å². The first-order valence-corrected chi connectivity index (χ1v) is 9.58. The Hall–Kier alpha value is -1.86. The van der Waals surface area contributed by atoms with Gasteiger partial charge in [0.05, 0.1) is 0 Å². The van der Waals surface area contributed by atoms with Crippen LogP contribution in [0.3, 0.4) is 0 Å². The van der Waals surface area contributed by atoms with Gasteiger partial charge in [-0.25, -0.2) is 0 Å². The Balaban J connectivity index is 1.53. The number of pyridine rings is 2. The number of hydrogen-bond acceptors (Lipinski definition) is 6. The minimum absolute atomic E-state index is 0.389. The molecule has 2 aromatic rings. The van der Waals surface area contributed by atoms with Crippen molar-refractivity contribution in [1.29, 1.82) is 0 Å². The molecule has 1 aliphatic rings.